The Kier molecular flexibility index (Phi) is 3.39. The third kappa shape index (κ3) is 2.75. The normalized spacial score (nSPS) is 10.8. The van der Waals surface area contributed by atoms with Gasteiger partial charge in [-0.25, -0.2) is 14.4 Å². The van der Waals surface area contributed by atoms with Crippen LogP contribution in [0.2, 0.25) is 0 Å². The summed E-state index contributed by atoms with van der Waals surface area (Å²) < 4.78 is 14.2. The second kappa shape index (κ2) is 5.21. The molecule has 6 heteroatoms. The van der Waals surface area contributed by atoms with Gasteiger partial charge in [-0.1, -0.05) is 0 Å². The quantitative estimate of drug-likeness (QED) is 0.785. The Hall–Kier alpha value is -2.34. The fraction of sp³-hybridized carbons (Fsp3) is 0.133. The van der Waals surface area contributed by atoms with E-state index in [1.807, 2.05) is 25.1 Å². The molecule has 0 unspecified atom stereocenters. The molecule has 21 heavy (non-hydrogen) atoms. The van der Waals surface area contributed by atoms with E-state index < -0.39 is 5.82 Å². The first-order valence-electron chi connectivity index (χ1n) is 6.34. The highest BCUT2D eigenvalue weighted by Crippen LogP contribution is 2.24. The van der Waals surface area contributed by atoms with Gasteiger partial charge in [-0.15, -0.1) is 11.3 Å². The minimum atomic E-state index is -0.425. The lowest BCUT2D eigenvalue weighted by atomic mass is 10.2. The predicted octanol–water partition coefficient (Wildman–Crippen LogP) is 3.70. The van der Waals surface area contributed by atoms with E-state index >= 15 is 0 Å². The van der Waals surface area contributed by atoms with Crippen LogP contribution in [0.3, 0.4) is 0 Å². The highest BCUT2D eigenvalue weighted by molar-refractivity contribution is 7.18. The van der Waals surface area contributed by atoms with E-state index in [0.717, 1.165) is 15.2 Å². The van der Waals surface area contributed by atoms with E-state index in [2.05, 4.69) is 15.3 Å². The van der Waals surface area contributed by atoms with Crippen molar-refractivity contribution in [2.24, 2.45) is 0 Å². The van der Waals surface area contributed by atoms with E-state index in [1.165, 1.54) is 19.1 Å². The van der Waals surface area contributed by atoms with Gasteiger partial charge in [0.05, 0.1) is 20.9 Å². The summed E-state index contributed by atoms with van der Waals surface area (Å²) in [6.07, 6.45) is 0. The van der Waals surface area contributed by atoms with Crippen LogP contribution in [0.1, 0.15) is 21.2 Å². The van der Waals surface area contributed by atoms with Crippen molar-refractivity contribution in [3.8, 4) is 0 Å². The lowest BCUT2D eigenvalue weighted by Crippen LogP contribution is -2.14. The summed E-state index contributed by atoms with van der Waals surface area (Å²) in [6, 6.07) is 8.15. The van der Waals surface area contributed by atoms with Crippen LogP contribution < -0.4 is 5.32 Å². The number of carbonyl (C=O) groups excluding carboxylic acids is 1. The molecule has 1 aromatic carbocycles. The highest BCUT2D eigenvalue weighted by Gasteiger charge is 2.10. The zero-order valence-corrected chi connectivity index (χ0v) is 12.3. The van der Waals surface area contributed by atoms with E-state index in [9.17, 15) is 9.18 Å². The van der Waals surface area contributed by atoms with Crippen LogP contribution in [0.5, 0.6) is 0 Å². The van der Waals surface area contributed by atoms with Crippen molar-refractivity contribution in [2.45, 2.75) is 13.8 Å². The average molecular weight is 301 g/mol. The Morgan fingerprint density at radius 1 is 1.19 bits per heavy atom. The number of carbonyl (C=O) groups is 1. The second-order valence-electron chi connectivity index (χ2n) is 4.63. The number of fused-ring (bicyclic) bond motifs is 1. The van der Waals surface area contributed by atoms with Gasteiger partial charge in [0.1, 0.15) is 11.5 Å². The number of rotatable bonds is 2. The molecular weight excluding hydrogens is 289 g/mol. The second-order valence-corrected chi connectivity index (χ2v) is 5.87. The van der Waals surface area contributed by atoms with Crippen molar-refractivity contribution < 1.29 is 9.18 Å². The molecule has 1 N–H and O–H groups in total. The van der Waals surface area contributed by atoms with Crippen molar-refractivity contribution in [3.63, 3.8) is 0 Å². The van der Waals surface area contributed by atoms with Crippen LogP contribution in [0.4, 0.5) is 10.1 Å². The van der Waals surface area contributed by atoms with E-state index in [4.69, 9.17) is 0 Å². The SMILES string of the molecule is Cc1nc2cc(NC(=O)c3ccc(F)c(C)n3)ccc2s1. The van der Waals surface area contributed by atoms with Crippen molar-refractivity contribution >= 4 is 33.1 Å². The Morgan fingerprint density at radius 3 is 2.76 bits per heavy atom. The number of amides is 1. The molecule has 0 atom stereocenters. The maximum absolute atomic E-state index is 13.2. The lowest BCUT2D eigenvalue weighted by molar-refractivity contribution is 0.102. The summed E-state index contributed by atoms with van der Waals surface area (Å²) >= 11 is 1.60. The molecule has 0 bridgehead atoms. The molecule has 2 aromatic heterocycles. The van der Waals surface area contributed by atoms with Crippen LogP contribution in [0, 0.1) is 19.7 Å². The molecule has 0 radical (unpaired) electrons. The molecule has 3 rings (SSSR count). The van der Waals surface area contributed by atoms with Gasteiger partial charge in [0.25, 0.3) is 5.91 Å². The number of hydrogen-bond acceptors (Lipinski definition) is 4. The molecule has 4 nitrogen and oxygen atoms in total. The highest BCUT2D eigenvalue weighted by atomic mass is 32.1. The number of halogens is 1. The van der Waals surface area contributed by atoms with Gasteiger partial charge in [0.15, 0.2) is 0 Å². The summed E-state index contributed by atoms with van der Waals surface area (Å²) in [6.45, 7) is 3.46. The van der Waals surface area contributed by atoms with Crippen molar-refractivity contribution in [1.82, 2.24) is 9.97 Å². The van der Waals surface area contributed by atoms with Gasteiger partial charge < -0.3 is 5.32 Å². The molecule has 2 heterocycles. The minimum absolute atomic E-state index is 0.184. The van der Waals surface area contributed by atoms with Crippen LogP contribution in [-0.4, -0.2) is 15.9 Å². The number of thiazole rings is 1. The van der Waals surface area contributed by atoms with E-state index in [-0.39, 0.29) is 17.3 Å². The zero-order chi connectivity index (χ0) is 15.0. The van der Waals surface area contributed by atoms with Gasteiger partial charge in [-0.05, 0) is 44.2 Å². The number of nitrogens with one attached hydrogen (secondary N) is 1. The summed E-state index contributed by atoms with van der Waals surface area (Å²) in [4.78, 5) is 20.4. The van der Waals surface area contributed by atoms with Crippen LogP contribution in [0.15, 0.2) is 30.3 Å². The van der Waals surface area contributed by atoms with Gasteiger partial charge in [-0.3, -0.25) is 4.79 Å². The topological polar surface area (TPSA) is 54.9 Å². The first-order chi connectivity index (χ1) is 10.0. The third-order valence-electron chi connectivity index (χ3n) is 3.01. The minimum Gasteiger partial charge on any atom is -0.321 e. The van der Waals surface area contributed by atoms with Gasteiger partial charge in [0, 0.05) is 5.69 Å². The maximum atomic E-state index is 13.2. The zero-order valence-electron chi connectivity index (χ0n) is 11.5. The number of pyridine rings is 1. The molecule has 0 aliphatic rings. The molecule has 0 saturated heterocycles. The first-order valence-corrected chi connectivity index (χ1v) is 7.16. The molecule has 0 spiro atoms. The number of anilines is 1. The lowest BCUT2D eigenvalue weighted by Gasteiger charge is -2.05. The molecule has 1 amide bonds. The van der Waals surface area contributed by atoms with Crippen LogP contribution >= 0.6 is 11.3 Å². The van der Waals surface area contributed by atoms with Crippen LogP contribution in [-0.2, 0) is 0 Å². The Morgan fingerprint density at radius 2 is 2.00 bits per heavy atom. The van der Waals surface area contributed by atoms with Gasteiger partial charge >= 0.3 is 0 Å². The fourth-order valence-electron chi connectivity index (χ4n) is 1.99. The van der Waals surface area contributed by atoms with Crippen molar-refractivity contribution in [3.05, 3.63) is 52.5 Å². The molecule has 0 aliphatic carbocycles. The standard InChI is InChI=1S/C15H12FN3OS/c1-8-11(16)4-5-12(17-8)15(20)19-10-3-6-14-13(7-10)18-9(2)21-14/h3-7H,1-2H3,(H,19,20). The Balaban J connectivity index is 1.86. The predicted molar refractivity (Wildman–Crippen MR) is 81.2 cm³/mol. The van der Waals surface area contributed by atoms with Crippen LogP contribution in [0.25, 0.3) is 10.2 Å². The van der Waals surface area contributed by atoms with Gasteiger partial charge in [0.2, 0.25) is 0 Å². The smallest absolute Gasteiger partial charge is 0.274 e. The average Bonchev–Trinajstić information content (AvgIpc) is 2.81. The van der Waals surface area contributed by atoms with Crippen molar-refractivity contribution in [2.75, 3.05) is 5.32 Å². The summed E-state index contributed by atoms with van der Waals surface area (Å²) in [5, 5.41) is 3.72. The van der Waals surface area contributed by atoms with E-state index in [1.54, 1.807) is 11.3 Å². The van der Waals surface area contributed by atoms with Crippen molar-refractivity contribution in [1.29, 1.82) is 0 Å². The maximum Gasteiger partial charge on any atom is 0.274 e. The molecule has 106 valence electrons. The number of hydrogen-bond donors (Lipinski definition) is 1. The third-order valence-corrected chi connectivity index (χ3v) is 3.96. The molecule has 3 aromatic rings. The number of benzene rings is 1. The molecule has 0 aliphatic heterocycles. The number of nitrogens with zero attached hydrogens (tertiary/aromatic N) is 2. The Labute approximate surface area is 124 Å². The number of aryl methyl sites for hydroxylation is 2. The van der Waals surface area contributed by atoms with E-state index in [0.29, 0.717) is 5.69 Å². The summed E-state index contributed by atoms with van der Waals surface area (Å²) in [5.74, 6) is -0.796. The largest absolute Gasteiger partial charge is 0.321 e. The monoisotopic (exact) mass is 301 g/mol. The molecule has 0 saturated carbocycles. The summed E-state index contributed by atoms with van der Waals surface area (Å²) in [7, 11) is 0. The molecule has 0 fully saturated rings. The number of aromatic nitrogens is 2. The Bertz CT molecular complexity index is 844. The molecular formula is C15H12FN3OS. The fourth-order valence-corrected chi connectivity index (χ4v) is 2.79. The van der Waals surface area contributed by atoms with Gasteiger partial charge in [-0.2, -0.15) is 0 Å². The first kappa shape index (κ1) is 13.6. The summed E-state index contributed by atoms with van der Waals surface area (Å²) in [5.41, 5.74) is 1.87.